The van der Waals surface area contributed by atoms with Crippen molar-refractivity contribution in [2.75, 3.05) is 7.11 Å². The molecule has 82 valence electrons. The molecular formula is C8H14O6. The first-order valence-electron chi connectivity index (χ1n) is 3.94. The molecule has 0 aromatic heterocycles. The highest BCUT2D eigenvalue weighted by Gasteiger charge is 2.01. The third kappa shape index (κ3) is 16.8. The molecule has 0 amide bonds. The molecule has 0 aromatic carbocycles. The molecule has 0 atom stereocenters. The summed E-state index contributed by atoms with van der Waals surface area (Å²) in [5, 5.41) is 15.4. The van der Waals surface area contributed by atoms with Crippen LogP contribution in [0.1, 0.15) is 26.2 Å². The zero-order valence-corrected chi connectivity index (χ0v) is 8.15. The molecule has 0 fully saturated rings. The van der Waals surface area contributed by atoms with Crippen LogP contribution in [-0.2, 0) is 19.1 Å². The first-order chi connectivity index (χ1) is 6.43. The summed E-state index contributed by atoms with van der Waals surface area (Å²) in [7, 11) is 1.40. The van der Waals surface area contributed by atoms with Crippen molar-refractivity contribution in [3.8, 4) is 0 Å². The van der Waals surface area contributed by atoms with E-state index in [9.17, 15) is 14.4 Å². The molecule has 0 bridgehead atoms. The highest BCUT2D eigenvalue weighted by atomic mass is 16.5. The SMILES string of the molecule is CCCC(=O)OC.O=C(O)CC(=O)O. The smallest absolute Gasteiger partial charge is 0.314 e. The van der Waals surface area contributed by atoms with Gasteiger partial charge in [0.25, 0.3) is 0 Å². The van der Waals surface area contributed by atoms with Gasteiger partial charge >= 0.3 is 17.9 Å². The molecule has 14 heavy (non-hydrogen) atoms. The minimum atomic E-state index is -1.31. The van der Waals surface area contributed by atoms with E-state index in [-0.39, 0.29) is 5.97 Å². The predicted molar refractivity (Wildman–Crippen MR) is 46.8 cm³/mol. The fraction of sp³-hybridized carbons (Fsp3) is 0.625. The second-order valence-corrected chi connectivity index (χ2v) is 2.29. The molecule has 0 aromatic rings. The molecule has 0 aliphatic carbocycles. The number of hydrogen-bond acceptors (Lipinski definition) is 4. The van der Waals surface area contributed by atoms with Crippen LogP contribution in [0.2, 0.25) is 0 Å². The van der Waals surface area contributed by atoms with Gasteiger partial charge in [-0.05, 0) is 6.42 Å². The van der Waals surface area contributed by atoms with Gasteiger partial charge in [0.05, 0.1) is 7.11 Å². The van der Waals surface area contributed by atoms with Crippen LogP contribution in [-0.4, -0.2) is 35.2 Å². The second kappa shape index (κ2) is 9.50. The van der Waals surface area contributed by atoms with Crippen LogP contribution in [0.4, 0.5) is 0 Å². The molecule has 0 radical (unpaired) electrons. The number of ether oxygens (including phenoxy) is 1. The van der Waals surface area contributed by atoms with Crippen molar-refractivity contribution in [3.63, 3.8) is 0 Å². The van der Waals surface area contributed by atoms with Crippen LogP contribution in [0.15, 0.2) is 0 Å². The van der Waals surface area contributed by atoms with Gasteiger partial charge in [-0.2, -0.15) is 0 Å². The Bertz CT molecular complexity index is 186. The Morgan fingerprint density at radius 3 is 1.64 bits per heavy atom. The van der Waals surface area contributed by atoms with Gasteiger partial charge in [-0.3, -0.25) is 14.4 Å². The molecule has 0 saturated heterocycles. The van der Waals surface area contributed by atoms with Gasteiger partial charge in [0.2, 0.25) is 0 Å². The lowest BCUT2D eigenvalue weighted by atomic mass is 10.3. The van der Waals surface area contributed by atoms with E-state index in [0.717, 1.165) is 6.42 Å². The summed E-state index contributed by atoms with van der Waals surface area (Å²) in [5.41, 5.74) is 0. The number of rotatable bonds is 4. The summed E-state index contributed by atoms with van der Waals surface area (Å²) in [6, 6.07) is 0. The molecule has 0 aliphatic heterocycles. The zero-order valence-electron chi connectivity index (χ0n) is 8.15. The first kappa shape index (κ1) is 14.9. The predicted octanol–water partition coefficient (Wildman–Crippen LogP) is 0.505. The van der Waals surface area contributed by atoms with E-state index in [1.807, 2.05) is 6.92 Å². The standard InChI is InChI=1S/C5H10O2.C3H4O4/c1-3-4-5(6)7-2;4-2(5)1-3(6)7/h3-4H2,1-2H3;1H2,(H,4,5)(H,6,7). The second-order valence-electron chi connectivity index (χ2n) is 2.29. The molecule has 0 unspecified atom stereocenters. The molecule has 2 N–H and O–H groups in total. The first-order valence-corrected chi connectivity index (χ1v) is 3.94. The van der Waals surface area contributed by atoms with Crippen LogP contribution < -0.4 is 0 Å². The molecule has 6 nitrogen and oxygen atoms in total. The number of carbonyl (C=O) groups excluding carboxylic acids is 1. The normalized spacial score (nSPS) is 8.14. The van der Waals surface area contributed by atoms with Crippen LogP contribution in [0.5, 0.6) is 0 Å². The van der Waals surface area contributed by atoms with E-state index in [2.05, 4.69) is 4.74 Å². The Morgan fingerprint density at radius 1 is 1.14 bits per heavy atom. The lowest BCUT2D eigenvalue weighted by Gasteiger charge is -1.91. The third-order valence-corrected chi connectivity index (χ3v) is 0.984. The molecular weight excluding hydrogens is 192 g/mol. The molecule has 0 saturated carbocycles. The summed E-state index contributed by atoms with van der Waals surface area (Å²) >= 11 is 0. The number of carboxylic acids is 2. The van der Waals surface area contributed by atoms with Gasteiger partial charge in [0, 0.05) is 6.42 Å². The Morgan fingerprint density at radius 2 is 1.57 bits per heavy atom. The monoisotopic (exact) mass is 206 g/mol. The number of carboxylic acid groups (broad SMARTS) is 2. The van der Waals surface area contributed by atoms with Crippen LogP contribution in [0.25, 0.3) is 0 Å². The fourth-order valence-corrected chi connectivity index (χ4v) is 0.436. The summed E-state index contributed by atoms with van der Waals surface area (Å²) < 4.78 is 4.35. The molecule has 0 aliphatic rings. The van der Waals surface area contributed by atoms with E-state index in [4.69, 9.17) is 10.2 Å². The average Bonchev–Trinajstić information content (AvgIpc) is 2.03. The maximum atomic E-state index is 10.2. The van der Waals surface area contributed by atoms with Crippen molar-refractivity contribution in [1.29, 1.82) is 0 Å². The summed E-state index contributed by atoms with van der Waals surface area (Å²) in [5.74, 6) is -2.75. The molecule has 6 heteroatoms. The summed E-state index contributed by atoms with van der Waals surface area (Å²) in [6.45, 7) is 1.94. The highest BCUT2D eigenvalue weighted by molar-refractivity contribution is 5.88. The third-order valence-electron chi connectivity index (χ3n) is 0.984. The highest BCUT2D eigenvalue weighted by Crippen LogP contribution is 1.86. The van der Waals surface area contributed by atoms with Gasteiger partial charge in [0.15, 0.2) is 0 Å². The van der Waals surface area contributed by atoms with Gasteiger partial charge < -0.3 is 14.9 Å². The van der Waals surface area contributed by atoms with Crippen molar-refractivity contribution in [2.24, 2.45) is 0 Å². The zero-order chi connectivity index (χ0) is 11.6. The van der Waals surface area contributed by atoms with Crippen molar-refractivity contribution >= 4 is 17.9 Å². The Balaban J connectivity index is 0. The molecule has 0 spiro atoms. The lowest BCUT2D eigenvalue weighted by molar-refractivity contribution is -0.147. The quantitative estimate of drug-likeness (QED) is 0.513. The minimum Gasteiger partial charge on any atom is -0.481 e. The van der Waals surface area contributed by atoms with Gasteiger partial charge in [-0.25, -0.2) is 0 Å². The van der Waals surface area contributed by atoms with E-state index >= 15 is 0 Å². The number of esters is 1. The Kier molecular flexibility index (Phi) is 10.1. The van der Waals surface area contributed by atoms with E-state index in [0.29, 0.717) is 6.42 Å². The number of carbonyl (C=O) groups is 3. The van der Waals surface area contributed by atoms with E-state index in [1.54, 1.807) is 0 Å². The Hall–Kier alpha value is -1.59. The number of hydrogen-bond donors (Lipinski definition) is 2. The summed E-state index contributed by atoms with van der Waals surface area (Å²) in [6.07, 6.45) is 0.600. The van der Waals surface area contributed by atoms with Gasteiger partial charge in [-0.15, -0.1) is 0 Å². The maximum absolute atomic E-state index is 10.2. The van der Waals surface area contributed by atoms with Crippen molar-refractivity contribution in [3.05, 3.63) is 0 Å². The number of aliphatic carboxylic acids is 2. The van der Waals surface area contributed by atoms with Crippen LogP contribution >= 0.6 is 0 Å². The topological polar surface area (TPSA) is 101 Å². The Labute approximate surface area is 81.5 Å². The minimum absolute atomic E-state index is 0.123. The number of methoxy groups -OCH3 is 1. The van der Waals surface area contributed by atoms with E-state index in [1.165, 1.54) is 7.11 Å². The van der Waals surface area contributed by atoms with Crippen molar-refractivity contribution in [1.82, 2.24) is 0 Å². The van der Waals surface area contributed by atoms with Crippen LogP contribution in [0.3, 0.4) is 0 Å². The fourth-order valence-electron chi connectivity index (χ4n) is 0.436. The van der Waals surface area contributed by atoms with Crippen molar-refractivity contribution < 1.29 is 29.3 Å². The lowest BCUT2D eigenvalue weighted by Crippen LogP contribution is -2.03. The van der Waals surface area contributed by atoms with Crippen molar-refractivity contribution in [2.45, 2.75) is 26.2 Å². The average molecular weight is 206 g/mol. The van der Waals surface area contributed by atoms with Gasteiger partial charge in [-0.1, -0.05) is 6.92 Å². The van der Waals surface area contributed by atoms with Gasteiger partial charge in [0.1, 0.15) is 6.42 Å². The molecule has 0 heterocycles. The van der Waals surface area contributed by atoms with Crippen LogP contribution in [0, 0.1) is 0 Å². The maximum Gasteiger partial charge on any atom is 0.314 e. The van der Waals surface area contributed by atoms with E-state index < -0.39 is 18.4 Å². The summed E-state index contributed by atoms with van der Waals surface area (Å²) in [4.78, 5) is 29.0. The largest absolute Gasteiger partial charge is 0.481 e. The molecule has 0 rings (SSSR count).